The van der Waals surface area contributed by atoms with Gasteiger partial charge in [0.05, 0.1) is 5.69 Å². The smallest absolute Gasteiger partial charge is 0.222 e. The van der Waals surface area contributed by atoms with Crippen LogP contribution in [0.1, 0.15) is 85.9 Å². The van der Waals surface area contributed by atoms with E-state index in [9.17, 15) is 4.79 Å². The Morgan fingerprint density at radius 2 is 1.79 bits per heavy atom. The third-order valence-corrected chi connectivity index (χ3v) is 7.07. The summed E-state index contributed by atoms with van der Waals surface area (Å²) in [6, 6.07) is 0. The second-order valence-electron chi connectivity index (χ2n) is 8.93. The predicted octanol–water partition coefficient (Wildman–Crippen LogP) is 2.95. The van der Waals surface area contributed by atoms with Crippen LogP contribution in [0.4, 0.5) is 0 Å². The number of fused-ring (bicyclic) bond motifs is 2. The summed E-state index contributed by atoms with van der Waals surface area (Å²) in [5.74, 6) is 3.04. The molecule has 1 saturated heterocycles. The van der Waals surface area contributed by atoms with Gasteiger partial charge in [0, 0.05) is 50.5 Å². The third kappa shape index (κ3) is 3.83. The highest BCUT2D eigenvalue weighted by atomic mass is 16.2. The van der Waals surface area contributed by atoms with E-state index in [4.69, 9.17) is 0 Å². The molecule has 0 aromatic carbocycles. The standard InChI is InChI=1S/C22H32N6O/c29-21(10-9-19-17-6-3-4-7-18(17)23-24-19)27-14-11-16(12-15-27)22-26-25-20-8-2-1-5-13-28(20)22/h16H,1-15H2,(H,23,24). The molecule has 0 atom stereocenters. The topological polar surface area (TPSA) is 79.7 Å². The molecular weight excluding hydrogens is 364 g/mol. The van der Waals surface area contributed by atoms with Crippen LogP contribution in [0.3, 0.4) is 0 Å². The van der Waals surface area contributed by atoms with Gasteiger partial charge in [-0.2, -0.15) is 5.10 Å². The van der Waals surface area contributed by atoms with Crippen LogP contribution in [0.25, 0.3) is 0 Å². The molecular formula is C22H32N6O. The average molecular weight is 397 g/mol. The molecule has 2 aromatic rings. The normalized spacial score (nSPS) is 20.2. The monoisotopic (exact) mass is 396 g/mol. The van der Waals surface area contributed by atoms with E-state index in [0.717, 1.165) is 69.7 Å². The molecule has 1 fully saturated rings. The predicted molar refractivity (Wildman–Crippen MR) is 110 cm³/mol. The number of aromatic amines is 1. The van der Waals surface area contributed by atoms with Gasteiger partial charge in [0.1, 0.15) is 11.6 Å². The van der Waals surface area contributed by atoms with Crippen molar-refractivity contribution in [3.63, 3.8) is 0 Å². The van der Waals surface area contributed by atoms with Crippen molar-refractivity contribution < 1.29 is 4.79 Å². The van der Waals surface area contributed by atoms with Crippen molar-refractivity contribution in [2.75, 3.05) is 13.1 Å². The average Bonchev–Trinajstić information content (AvgIpc) is 3.29. The van der Waals surface area contributed by atoms with Gasteiger partial charge in [0.15, 0.2) is 0 Å². The van der Waals surface area contributed by atoms with Gasteiger partial charge >= 0.3 is 0 Å². The highest BCUT2D eigenvalue weighted by Gasteiger charge is 2.28. The molecule has 2 aromatic heterocycles. The summed E-state index contributed by atoms with van der Waals surface area (Å²) >= 11 is 0. The molecule has 4 heterocycles. The Labute approximate surface area is 172 Å². The van der Waals surface area contributed by atoms with Crippen LogP contribution in [0.15, 0.2) is 0 Å². The number of hydrogen-bond acceptors (Lipinski definition) is 4. The van der Waals surface area contributed by atoms with Crippen molar-refractivity contribution in [3.05, 3.63) is 28.6 Å². The number of likely N-dealkylation sites (tertiary alicyclic amines) is 1. The van der Waals surface area contributed by atoms with Gasteiger partial charge in [-0.15, -0.1) is 10.2 Å². The van der Waals surface area contributed by atoms with E-state index >= 15 is 0 Å². The zero-order valence-corrected chi connectivity index (χ0v) is 17.3. The van der Waals surface area contributed by atoms with Crippen LogP contribution in [0.5, 0.6) is 0 Å². The van der Waals surface area contributed by atoms with Gasteiger partial charge in [-0.25, -0.2) is 0 Å². The summed E-state index contributed by atoms with van der Waals surface area (Å²) in [6.45, 7) is 2.74. The lowest BCUT2D eigenvalue weighted by Gasteiger charge is -2.32. The zero-order valence-electron chi connectivity index (χ0n) is 17.3. The van der Waals surface area contributed by atoms with Crippen LogP contribution in [-0.4, -0.2) is 48.9 Å². The van der Waals surface area contributed by atoms with Crippen molar-refractivity contribution in [1.82, 2.24) is 29.9 Å². The minimum Gasteiger partial charge on any atom is -0.343 e. The number of nitrogens with one attached hydrogen (secondary N) is 1. The molecule has 0 spiro atoms. The van der Waals surface area contributed by atoms with Crippen molar-refractivity contribution in [1.29, 1.82) is 0 Å². The molecule has 0 unspecified atom stereocenters. The fourth-order valence-electron chi connectivity index (χ4n) is 5.34. The van der Waals surface area contributed by atoms with E-state index < -0.39 is 0 Å². The number of nitrogens with zero attached hydrogens (tertiary/aromatic N) is 5. The first-order valence-electron chi connectivity index (χ1n) is 11.5. The summed E-state index contributed by atoms with van der Waals surface area (Å²) in [7, 11) is 0. The fraction of sp³-hybridized carbons (Fsp3) is 0.727. The Kier molecular flexibility index (Phi) is 5.38. The molecule has 0 bridgehead atoms. The molecule has 1 N–H and O–H groups in total. The Balaban J connectivity index is 1.15. The first-order valence-corrected chi connectivity index (χ1v) is 11.5. The molecule has 29 heavy (non-hydrogen) atoms. The second-order valence-corrected chi connectivity index (χ2v) is 8.93. The molecule has 0 saturated carbocycles. The summed E-state index contributed by atoms with van der Waals surface area (Å²) in [4.78, 5) is 14.8. The summed E-state index contributed by atoms with van der Waals surface area (Å²) < 4.78 is 2.37. The Morgan fingerprint density at radius 3 is 2.69 bits per heavy atom. The zero-order chi connectivity index (χ0) is 19.6. The lowest BCUT2D eigenvalue weighted by atomic mass is 9.94. The molecule has 0 radical (unpaired) electrons. The summed E-state index contributed by atoms with van der Waals surface area (Å²) in [5, 5.41) is 16.7. The minimum atomic E-state index is 0.274. The molecule has 3 aliphatic rings. The maximum absolute atomic E-state index is 12.8. The van der Waals surface area contributed by atoms with Gasteiger partial charge in [-0.1, -0.05) is 6.42 Å². The third-order valence-electron chi connectivity index (χ3n) is 7.07. The lowest BCUT2D eigenvalue weighted by molar-refractivity contribution is -0.132. The van der Waals surface area contributed by atoms with Crippen LogP contribution in [0, 0.1) is 0 Å². The Hall–Kier alpha value is -2.18. The van der Waals surface area contributed by atoms with Gasteiger partial charge in [-0.3, -0.25) is 9.89 Å². The van der Waals surface area contributed by atoms with E-state index in [1.54, 1.807) is 0 Å². The first kappa shape index (κ1) is 18.8. The van der Waals surface area contributed by atoms with E-state index in [1.807, 2.05) is 0 Å². The maximum atomic E-state index is 12.8. The number of carbonyl (C=O) groups excluding carboxylic acids is 1. The van der Waals surface area contributed by atoms with Crippen LogP contribution in [-0.2, 0) is 37.0 Å². The molecule has 7 heteroatoms. The Morgan fingerprint density at radius 1 is 0.966 bits per heavy atom. The highest BCUT2D eigenvalue weighted by molar-refractivity contribution is 5.76. The number of rotatable bonds is 4. The van der Waals surface area contributed by atoms with Crippen molar-refractivity contribution >= 4 is 5.91 Å². The van der Waals surface area contributed by atoms with Gasteiger partial charge in [0.2, 0.25) is 5.91 Å². The van der Waals surface area contributed by atoms with Crippen molar-refractivity contribution in [2.24, 2.45) is 0 Å². The quantitative estimate of drug-likeness (QED) is 0.862. The molecule has 156 valence electrons. The number of hydrogen-bond donors (Lipinski definition) is 1. The Bertz CT molecular complexity index is 861. The minimum absolute atomic E-state index is 0.274. The largest absolute Gasteiger partial charge is 0.343 e. The molecule has 1 aliphatic carbocycles. The highest BCUT2D eigenvalue weighted by Crippen LogP contribution is 2.29. The SMILES string of the molecule is O=C(CCc1n[nH]c2c1CCCC2)N1CCC(c2nnc3n2CCCCC3)CC1. The van der Waals surface area contributed by atoms with Crippen molar-refractivity contribution in [2.45, 2.75) is 89.5 Å². The van der Waals surface area contributed by atoms with Gasteiger partial charge in [-0.05, 0) is 56.9 Å². The van der Waals surface area contributed by atoms with E-state index in [2.05, 4.69) is 29.9 Å². The molecule has 5 rings (SSSR count). The second kappa shape index (κ2) is 8.28. The van der Waals surface area contributed by atoms with Gasteiger partial charge < -0.3 is 9.47 Å². The number of amides is 1. The molecule has 7 nitrogen and oxygen atoms in total. The number of aromatic nitrogens is 5. The first-order chi connectivity index (χ1) is 14.3. The maximum Gasteiger partial charge on any atom is 0.222 e. The van der Waals surface area contributed by atoms with Crippen molar-refractivity contribution in [3.8, 4) is 0 Å². The summed E-state index contributed by atoms with van der Waals surface area (Å²) in [6.07, 6.45) is 12.9. The number of aryl methyl sites for hydroxylation is 3. The number of carbonyl (C=O) groups is 1. The molecule has 2 aliphatic heterocycles. The van der Waals surface area contributed by atoms with Gasteiger partial charge in [0.25, 0.3) is 0 Å². The van der Waals surface area contributed by atoms with E-state index in [-0.39, 0.29) is 5.91 Å². The summed E-state index contributed by atoms with van der Waals surface area (Å²) in [5.41, 5.74) is 3.80. The van der Waals surface area contributed by atoms with Crippen LogP contribution in [0.2, 0.25) is 0 Å². The van der Waals surface area contributed by atoms with E-state index in [0.29, 0.717) is 12.3 Å². The van der Waals surface area contributed by atoms with E-state index in [1.165, 1.54) is 49.2 Å². The van der Waals surface area contributed by atoms with Crippen LogP contribution < -0.4 is 0 Å². The lowest BCUT2D eigenvalue weighted by Crippen LogP contribution is -2.38. The molecule has 1 amide bonds. The fourth-order valence-corrected chi connectivity index (χ4v) is 5.34. The van der Waals surface area contributed by atoms with Crippen LogP contribution >= 0.6 is 0 Å². The number of H-pyrrole nitrogens is 1. The number of piperidine rings is 1.